The van der Waals surface area contributed by atoms with Gasteiger partial charge in [-0.1, -0.05) is 5.16 Å². The van der Waals surface area contributed by atoms with E-state index in [9.17, 15) is 0 Å². The lowest BCUT2D eigenvalue weighted by Gasteiger charge is -2.12. The number of aromatic nitrogens is 1. The number of pyridine rings is 1. The number of rotatable bonds is 6. The van der Waals surface area contributed by atoms with Gasteiger partial charge in [0, 0.05) is 24.9 Å². The summed E-state index contributed by atoms with van der Waals surface area (Å²) in [4.78, 5) is 3.96. The van der Waals surface area contributed by atoms with Crippen molar-refractivity contribution in [3.63, 3.8) is 0 Å². The zero-order valence-corrected chi connectivity index (χ0v) is 9.43. The van der Waals surface area contributed by atoms with Crippen molar-refractivity contribution in [2.24, 2.45) is 10.9 Å². The highest BCUT2D eigenvalue weighted by molar-refractivity contribution is 5.80. The zero-order chi connectivity index (χ0) is 11.8. The van der Waals surface area contributed by atoms with Crippen molar-refractivity contribution < 1.29 is 5.21 Å². The fourth-order valence-corrected chi connectivity index (χ4v) is 1.44. The summed E-state index contributed by atoms with van der Waals surface area (Å²) in [5.74, 6) is 0.254. The number of nitrogens with zero attached hydrogens (tertiary/aromatic N) is 2. The average molecular weight is 222 g/mol. The Hall–Kier alpha value is -1.62. The second-order valence-corrected chi connectivity index (χ2v) is 3.76. The van der Waals surface area contributed by atoms with Gasteiger partial charge < -0.3 is 16.3 Å². The standard InChI is InChI=1S/C11H18N4O/c1-9(8-11(12)15-16)14-7-4-10-2-5-13-6-3-10/h2-3,5-6,9,14,16H,4,7-8H2,1H3,(H2,12,15). The van der Waals surface area contributed by atoms with Crippen LogP contribution in [-0.2, 0) is 6.42 Å². The summed E-state index contributed by atoms with van der Waals surface area (Å²) in [7, 11) is 0. The molecule has 0 saturated heterocycles. The third-order valence-corrected chi connectivity index (χ3v) is 2.30. The maximum atomic E-state index is 8.42. The average Bonchev–Trinajstić information content (AvgIpc) is 2.30. The van der Waals surface area contributed by atoms with Crippen LogP contribution in [0.5, 0.6) is 0 Å². The van der Waals surface area contributed by atoms with Crippen LogP contribution in [0.2, 0.25) is 0 Å². The maximum Gasteiger partial charge on any atom is 0.140 e. The summed E-state index contributed by atoms with van der Waals surface area (Å²) in [6, 6.07) is 4.20. The predicted octanol–water partition coefficient (Wildman–Crippen LogP) is 0.739. The van der Waals surface area contributed by atoms with Gasteiger partial charge >= 0.3 is 0 Å². The molecule has 1 unspecified atom stereocenters. The first-order valence-corrected chi connectivity index (χ1v) is 5.31. The summed E-state index contributed by atoms with van der Waals surface area (Å²) < 4.78 is 0. The summed E-state index contributed by atoms with van der Waals surface area (Å²) in [5.41, 5.74) is 6.66. The molecule has 5 heteroatoms. The normalized spacial score (nSPS) is 13.7. The van der Waals surface area contributed by atoms with Crippen LogP contribution in [0.3, 0.4) is 0 Å². The van der Waals surface area contributed by atoms with E-state index in [1.165, 1.54) is 5.56 Å². The molecule has 0 aromatic carbocycles. The van der Waals surface area contributed by atoms with Crippen molar-refractivity contribution in [2.75, 3.05) is 6.54 Å². The van der Waals surface area contributed by atoms with Gasteiger partial charge in [-0.25, -0.2) is 0 Å². The van der Waals surface area contributed by atoms with E-state index in [0.717, 1.165) is 13.0 Å². The van der Waals surface area contributed by atoms with Gasteiger partial charge in [-0.15, -0.1) is 0 Å². The van der Waals surface area contributed by atoms with Gasteiger partial charge in [-0.2, -0.15) is 0 Å². The van der Waals surface area contributed by atoms with E-state index in [0.29, 0.717) is 6.42 Å². The minimum atomic E-state index is 0.206. The Kier molecular flexibility index (Phi) is 5.28. The van der Waals surface area contributed by atoms with Gasteiger partial charge in [-0.3, -0.25) is 4.98 Å². The van der Waals surface area contributed by atoms with Gasteiger partial charge in [-0.05, 0) is 37.6 Å². The molecule has 0 aliphatic rings. The Bertz CT molecular complexity index is 326. The van der Waals surface area contributed by atoms with Crippen LogP contribution in [0.1, 0.15) is 18.9 Å². The van der Waals surface area contributed by atoms with Crippen LogP contribution in [-0.4, -0.2) is 28.6 Å². The van der Waals surface area contributed by atoms with Crippen LogP contribution in [0.15, 0.2) is 29.7 Å². The van der Waals surface area contributed by atoms with Crippen molar-refractivity contribution in [3.8, 4) is 0 Å². The van der Waals surface area contributed by atoms with Crippen molar-refractivity contribution in [1.82, 2.24) is 10.3 Å². The molecule has 1 heterocycles. The molecule has 16 heavy (non-hydrogen) atoms. The fourth-order valence-electron chi connectivity index (χ4n) is 1.44. The third-order valence-electron chi connectivity index (χ3n) is 2.30. The lowest BCUT2D eigenvalue weighted by Crippen LogP contribution is -2.32. The third kappa shape index (κ3) is 4.75. The van der Waals surface area contributed by atoms with Crippen molar-refractivity contribution in [2.45, 2.75) is 25.8 Å². The molecule has 0 spiro atoms. The minimum absolute atomic E-state index is 0.206. The van der Waals surface area contributed by atoms with E-state index < -0.39 is 0 Å². The Balaban J connectivity index is 2.21. The Morgan fingerprint density at radius 3 is 2.88 bits per heavy atom. The van der Waals surface area contributed by atoms with Gasteiger partial charge in [0.2, 0.25) is 0 Å². The highest BCUT2D eigenvalue weighted by atomic mass is 16.4. The maximum absolute atomic E-state index is 8.42. The van der Waals surface area contributed by atoms with Gasteiger partial charge in [0.1, 0.15) is 5.84 Å². The first kappa shape index (κ1) is 12.4. The Morgan fingerprint density at radius 1 is 1.56 bits per heavy atom. The smallest absolute Gasteiger partial charge is 0.140 e. The monoisotopic (exact) mass is 222 g/mol. The van der Waals surface area contributed by atoms with Gasteiger partial charge in [0.25, 0.3) is 0 Å². The van der Waals surface area contributed by atoms with E-state index in [-0.39, 0.29) is 11.9 Å². The molecule has 0 amide bonds. The number of hydrogen-bond donors (Lipinski definition) is 3. The van der Waals surface area contributed by atoms with E-state index in [4.69, 9.17) is 10.9 Å². The molecule has 1 aromatic rings. The molecule has 0 aliphatic carbocycles. The molecule has 1 atom stereocenters. The van der Waals surface area contributed by atoms with E-state index >= 15 is 0 Å². The molecule has 0 radical (unpaired) electrons. The first-order chi connectivity index (χ1) is 7.72. The number of amidine groups is 1. The van der Waals surface area contributed by atoms with Crippen molar-refractivity contribution in [3.05, 3.63) is 30.1 Å². The molecular formula is C11H18N4O. The first-order valence-electron chi connectivity index (χ1n) is 5.31. The molecule has 0 saturated carbocycles. The van der Waals surface area contributed by atoms with Gasteiger partial charge in [0.15, 0.2) is 0 Å². The number of hydrogen-bond acceptors (Lipinski definition) is 4. The summed E-state index contributed by atoms with van der Waals surface area (Å²) in [5, 5.41) is 14.7. The van der Waals surface area contributed by atoms with Crippen molar-refractivity contribution in [1.29, 1.82) is 0 Å². The Labute approximate surface area is 95.4 Å². The second kappa shape index (κ2) is 6.79. The number of oxime groups is 1. The molecule has 1 rings (SSSR count). The molecular weight excluding hydrogens is 204 g/mol. The fraction of sp³-hybridized carbons (Fsp3) is 0.455. The lowest BCUT2D eigenvalue weighted by molar-refractivity contribution is 0.316. The zero-order valence-electron chi connectivity index (χ0n) is 9.43. The molecule has 5 nitrogen and oxygen atoms in total. The quantitative estimate of drug-likeness (QED) is 0.287. The van der Waals surface area contributed by atoms with E-state index in [2.05, 4.69) is 15.5 Å². The molecule has 1 aromatic heterocycles. The molecule has 0 fully saturated rings. The van der Waals surface area contributed by atoms with Crippen LogP contribution < -0.4 is 11.1 Å². The van der Waals surface area contributed by atoms with Crippen LogP contribution in [0.4, 0.5) is 0 Å². The Morgan fingerprint density at radius 2 is 2.25 bits per heavy atom. The SMILES string of the molecule is CC(CC(N)=NO)NCCc1ccncc1. The predicted molar refractivity (Wildman–Crippen MR) is 63.4 cm³/mol. The second-order valence-electron chi connectivity index (χ2n) is 3.76. The van der Waals surface area contributed by atoms with Gasteiger partial charge in [0.05, 0.1) is 0 Å². The molecule has 88 valence electrons. The molecule has 4 N–H and O–H groups in total. The van der Waals surface area contributed by atoms with Crippen LogP contribution in [0, 0.1) is 0 Å². The summed E-state index contributed by atoms with van der Waals surface area (Å²) in [6.45, 7) is 2.87. The minimum Gasteiger partial charge on any atom is -0.409 e. The number of nitrogens with two attached hydrogens (primary N) is 1. The summed E-state index contributed by atoms with van der Waals surface area (Å²) in [6.07, 6.45) is 5.07. The highest BCUT2D eigenvalue weighted by Gasteiger charge is 2.03. The van der Waals surface area contributed by atoms with Crippen LogP contribution in [0.25, 0.3) is 0 Å². The largest absolute Gasteiger partial charge is 0.409 e. The highest BCUT2D eigenvalue weighted by Crippen LogP contribution is 1.97. The summed E-state index contributed by atoms with van der Waals surface area (Å²) >= 11 is 0. The molecule has 0 aliphatic heterocycles. The number of nitrogens with one attached hydrogen (secondary N) is 1. The van der Waals surface area contributed by atoms with E-state index in [1.807, 2.05) is 19.1 Å². The lowest BCUT2D eigenvalue weighted by atomic mass is 10.2. The van der Waals surface area contributed by atoms with Crippen molar-refractivity contribution >= 4 is 5.84 Å². The topological polar surface area (TPSA) is 83.5 Å². The van der Waals surface area contributed by atoms with Crippen LogP contribution >= 0.6 is 0 Å². The molecule has 0 bridgehead atoms. The van der Waals surface area contributed by atoms with E-state index in [1.54, 1.807) is 12.4 Å².